The molecular formula is C18H28N2. The zero-order valence-electron chi connectivity index (χ0n) is 12.9. The quantitative estimate of drug-likeness (QED) is 0.856. The molecule has 2 heteroatoms. The van der Waals surface area contributed by atoms with Gasteiger partial charge in [-0.05, 0) is 49.9 Å². The Kier molecular flexibility index (Phi) is 4.42. The van der Waals surface area contributed by atoms with Gasteiger partial charge >= 0.3 is 0 Å². The van der Waals surface area contributed by atoms with Crippen molar-refractivity contribution in [1.29, 1.82) is 0 Å². The number of likely N-dealkylation sites (tertiary alicyclic amines) is 1. The molecule has 110 valence electrons. The van der Waals surface area contributed by atoms with E-state index < -0.39 is 0 Å². The summed E-state index contributed by atoms with van der Waals surface area (Å²) < 4.78 is 0. The summed E-state index contributed by atoms with van der Waals surface area (Å²) >= 11 is 0. The van der Waals surface area contributed by atoms with Crippen molar-refractivity contribution in [2.75, 3.05) is 26.2 Å². The van der Waals surface area contributed by atoms with Crippen molar-refractivity contribution in [3.63, 3.8) is 0 Å². The Balaban J connectivity index is 1.43. The zero-order chi connectivity index (χ0) is 13.9. The molecule has 1 aliphatic heterocycles. The number of hydrogen-bond acceptors (Lipinski definition) is 2. The van der Waals surface area contributed by atoms with Gasteiger partial charge in [0.25, 0.3) is 0 Å². The van der Waals surface area contributed by atoms with Crippen LogP contribution >= 0.6 is 0 Å². The highest BCUT2D eigenvalue weighted by atomic mass is 15.2. The monoisotopic (exact) mass is 272 g/mol. The van der Waals surface area contributed by atoms with Crippen LogP contribution in [0.15, 0.2) is 30.3 Å². The second-order valence-corrected chi connectivity index (χ2v) is 7.02. The average Bonchev–Trinajstić information content (AvgIpc) is 3.12. The zero-order valence-corrected chi connectivity index (χ0v) is 12.9. The lowest BCUT2D eigenvalue weighted by atomic mass is 10.1. The van der Waals surface area contributed by atoms with Gasteiger partial charge in [0.1, 0.15) is 0 Å². The van der Waals surface area contributed by atoms with E-state index in [4.69, 9.17) is 0 Å². The second-order valence-electron chi connectivity index (χ2n) is 7.02. The molecule has 3 unspecified atom stereocenters. The van der Waals surface area contributed by atoms with Crippen LogP contribution in [0.5, 0.6) is 0 Å². The number of rotatable bonds is 6. The lowest BCUT2D eigenvalue weighted by Crippen LogP contribution is -2.29. The molecule has 1 aromatic rings. The highest BCUT2D eigenvalue weighted by Crippen LogP contribution is 2.46. The molecule has 1 saturated heterocycles. The summed E-state index contributed by atoms with van der Waals surface area (Å²) in [6.45, 7) is 9.54. The summed E-state index contributed by atoms with van der Waals surface area (Å²) in [5.41, 5.74) is 1.54. The number of nitrogens with zero attached hydrogens (tertiary/aromatic N) is 1. The molecule has 2 nitrogen and oxygen atoms in total. The van der Waals surface area contributed by atoms with E-state index in [0.29, 0.717) is 0 Å². The van der Waals surface area contributed by atoms with Crippen molar-refractivity contribution in [2.45, 2.75) is 38.6 Å². The molecule has 1 saturated carbocycles. The van der Waals surface area contributed by atoms with E-state index in [1.54, 1.807) is 5.56 Å². The Morgan fingerprint density at radius 2 is 2.05 bits per heavy atom. The lowest BCUT2D eigenvalue weighted by molar-refractivity contribution is 0.306. The molecule has 2 fully saturated rings. The molecule has 3 atom stereocenters. The predicted octanol–water partition coefficient (Wildman–Crippen LogP) is 3.11. The van der Waals surface area contributed by atoms with Gasteiger partial charge in [-0.2, -0.15) is 0 Å². The minimum atomic E-state index is 0.762. The standard InChI is InChI=1S/C18H28N2/c1-14(2)11-19-12-15-8-9-20(13-15)18-10-17(18)16-6-4-3-5-7-16/h3-7,14-15,17-19H,8-13H2,1-2H3. The number of benzene rings is 1. The summed E-state index contributed by atoms with van der Waals surface area (Å²) in [7, 11) is 0. The normalized spacial score (nSPS) is 30.1. The Labute approximate surface area is 123 Å². The maximum atomic E-state index is 3.62. The van der Waals surface area contributed by atoms with Crippen molar-refractivity contribution < 1.29 is 0 Å². The fraction of sp³-hybridized carbons (Fsp3) is 0.667. The maximum Gasteiger partial charge on any atom is 0.0171 e. The van der Waals surface area contributed by atoms with E-state index >= 15 is 0 Å². The van der Waals surface area contributed by atoms with Crippen molar-refractivity contribution in [3.8, 4) is 0 Å². The van der Waals surface area contributed by atoms with Gasteiger partial charge in [-0.15, -0.1) is 0 Å². The first-order chi connectivity index (χ1) is 9.74. The van der Waals surface area contributed by atoms with Crippen LogP contribution in [0.4, 0.5) is 0 Å². The van der Waals surface area contributed by atoms with Gasteiger partial charge < -0.3 is 5.32 Å². The van der Waals surface area contributed by atoms with E-state index in [0.717, 1.165) is 30.3 Å². The van der Waals surface area contributed by atoms with Gasteiger partial charge in [0.2, 0.25) is 0 Å². The third kappa shape index (κ3) is 3.42. The minimum absolute atomic E-state index is 0.762. The van der Waals surface area contributed by atoms with Crippen molar-refractivity contribution in [1.82, 2.24) is 10.2 Å². The molecule has 0 radical (unpaired) electrons. The van der Waals surface area contributed by atoms with E-state index in [9.17, 15) is 0 Å². The summed E-state index contributed by atoms with van der Waals surface area (Å²) in [5, 5.41) is 3.62. The minimum Gasteiger partial charge on any atom is -0.316 e. The summed E-state index contributed by atoms with van der Waals surface area (Å²) in [5.74, 6) is 2.43. The molecule has 3 rings (SSSR count). The van der Waals surface area contributed by atoms with Gasteiger partial charge in [-0.25, -0.2) is 0 Å². The van der Waals surface area contributed by atoms with Gasteiger partial charge in [-0.3, -0.25) is 4.90 Å². The van der Waals surface area contributed by atoms with E-state index in [2.05, 4.69) is 54.4 Å². The second kappa shape index (κ2) is 6.28. The van der Waals surface area contributed by atoms with Crippen molar-refractivity contribution in [2.24, 2.45) is 11.8 Å². The molecule has 0 spiro atoms. The fourth-order valence-electron chi connectivity index (χ4n) is 3.55. The van der Waals surface area contributed by atoms with E-state index in [1.165, 1.54) is 32.5 Å². The number of hydrogen-bond donors (Lipinski definition) is 1. The fourth-order valence-corrected chi connectivity index (χ4v) is 3.55. The molecule has 20 heavy (non-hydrogen) atoms. The molecule has 1 aromatic carbocycles. The number of nitrogens with one attached hydrogen (secondary N) is 1. The Bertz CT molecular complexity index is 415. The smallest absolute Gasteiger partial charge is 0.0171 e. The van der Waals surface area contributed by atoms with Crippen molar-refractivity contribution >= 4 is 0 Å². The van der Waals surface area contributed by atoms with Gasteiger partial charge in [-0.1, -0.05) is 44.2 Å². The lowest BCUT2D eigenvalue weighted by Gasteiger charge is -2.17. The van der Waals surface area contributed by atoms with E-state index in [1.807, 2.05) is 0 Å². The molecule has 1 heterocycles. The van der Waals surface area contributed by atoms with Crippen molar-refractivity contribution in [3.05, 3.63) is 35.9 Å². The molecular weight excluding hydrogens is 244 g/mol. The Morgan fingerprint density at radius 1 is 1.25 bits per heavy atom. The predicted molar refractivity (Wildman–Crippen MR) is 85.0 cm³/mol. The molecule has 1 N–H and O–H groups in total. The van der Waals surface area contributed by atoms with Crippen LogP contribution in [0, 0.1) is 11.8 Å². The van der Waals surface area contributed by atoms with Crippen LogP contribution in [-0.4, -0.2) is 37.1 Å². The van der Waals surface area contributed by atoms with Gasteiger partial charge in [0.05, 0.1) is 0 Å². The SMILES string of the molecule is CC(C)CNCC1CCN(C2CC2c2ccccc2)C1. The molecule has 0 amide bonds. The largest absolute Gasteiger partial charge is 0.316 e. The van der Waals surface area contributed by atoms with Gasteiger partial charge in [0.15, 0.2) is 0 Å². The topological polar surface area (TPSA) is 15.3 Å². The van der Waals surface area contributed by atoms with Gasteiger partial charge in [0, 0.05) is 18.5 Å². The Hall–Kier alpha value is -0.860. The first kappa shape index (κ1) is 14.1. The maximum absolute atomic E-state index is 3.62. The molecule has 0 aromatic heterocycles. The van der Waals surface area contributed by atoms with Crippen LogP contribution in [-0.2, 0) is 0 Å². The molecule has 1 aliphatic carbocycles. The van der Waals surface area contributed by atoms with Crippen LogP contribution < -0.4 is 5.32 Å². The summed E-state index contributed by atoms with van der Waals surface area (Å²) in [4.78, 5) is 2.74. The van der Waals surface area contributed by atoms with Crippen LogP contribution in [0.3, 0.4) is 0 Å². The molecule has 2 aliphatic rings. The Morgan fingerprint density at radius 3 is 2.80 bits per heavy atom. The van der Waals surface area contributed by atoms with Crippen LogP contribution in [0.1, 0.15) is 38.2 Å². The van der Waals surface area contributed by atoms with Crippen LogP contribution in [0.25, 0.3) is 0 Å². The molecule has 0 bridgehead atoms. The third-order valence-electron chi connectivity index (χ3n) is 4.76. The third-order valence-corrected chi connectivity index (χ3v) is 4.76. The summed E-state index contributed by atoms with van der Waals surface area (Å²) in [6.07, 6.45) is 2.75. The average molecular weight is 272 g/mol. The first-order valence-electron chi connectivity index (χ1n) is 8.23. The first-order valence-corrected chi connectivity index (χ1v) is 8.23. The highest BCUT2D eigenvalue weighted by Gasteiger charge is 2.44. The van der Waals surface area contributed by atoms with Crippen LogP contribution in [0.2, 0.25) is 0 Å². The summed E-state index contributed by atoms with van der Waals surface area (Å²) in [6, 6.07) is 11.9. The highest BCUT2D eigenvalue weighted by molar-refractivity contribution is 5.28. The van der Waals surface area contributed by atoms with E-state index in [-0.39, 0.29) is 0 Å².